The predicted octanol–water partition coefficient (Wildman–Crippen LogP) is 2.61. The largest absolute Gasteiger partial charge is 0.498 e. The molecule has 0 rings (SSSR count). The van der Waals surface area contributed by atoms with Crippen LogP contribution in [-0.4, -0.2) is 28.1 Å². The van der Waals surface area contributed by atoms with E-state index in [2.05, 4.69) is 6.58 Å². The number of hydrogen-bond donors (Lipinski definition) is 0. The van der Waals surface area contributed by atoms with Gasteiger partial charge in [0.25, 0.3) is 0 Å². The van der Waals surface area contributed by atoms with E-state index in [0.29, 0.717) is 13.2 Å². The van der Waals surface area contributed by atoms with Gasteiger partial charge in [-0.25, -0.2) is 0 Å². The molecule has 0 saturated heterocycles. The van der Waals surface area contributed by atoms with Crippen molar-refractivity contribution in [2.24, 2.45) is 0 Å². The highest BCUT2D eigenvalue weighted by atomic mass is 28.4. The molecule has 4 heteroatoms. The van der Waals surface area contributed by atoms with Crippen LogP contribution in [0.25, 0.3) is 0 Å². The second kappa shape index (κ2) is 6.34. The molecule has 0 spiro atoms. The van der Waals surface area contributed by atoms with Gasteiger partial charge in [0, 0.05) is 19.8 Å². The molecule has 1 atom stereocenters. The van der Waals surface area contributed by atoms with Crippen LogP contribution in [0, 0.1) is 0 Å². The summed E-state index contributed by atoms with van der Waals surface area (Å²) in [5, 5.41) is 0. The Labute approximate surface area is 88.4 Å². The Balaban J connectivity index is 4.27. The average molecular weight is 218 g/mol. The molecule has 0 heterocycles. The maximum Gasteiger partial charge on any atom is 0.498 e. The summed E-state index contributed by atoms with van der Waals surface area (Å²) < 4.78 is 16.9. The topological polar surface area (TPSA) is 27.7 Å². The fourth-order valence-electron chi connectivity index (χ4n) is 1.06. The first-order valence-electron chi connectivity index (χ1n) is 5.06. The molecular formula is C10H22O3Si. The lowest BCUT2D eigenvalue weighted by Gasteiger charge is -2.28. The molecule has 0 radical (unpaired) electrons. The fraction of sp³-hybridized carbons (Fsp3) is 0.800. The van der Waals surface area contributed by atoms with Crippen LogP contribution in [-0.2, 0) is 13.3 Å². The second-order valence-electron chi connectivity index (χ2n) is 3.33. The Bertz CT molecular complexity index is 176. The maximum atomic E-state index is 5.78. The molecule has 0 aromatic rings. The van der Waals surface area contributed by atoms with Crippen molar-refractivity contribution in [3.63, 3.8) is 0 Å². The van der Waals surface area contributed by atoms with E-state index >= 15 is 0 Å². The molecular weight excluding hydrogens is 196 g/mol. The van der Waals surface area contributed by atoms with Gasteiger partial charge in [-0.15, -0.1) is 0 Å². The van der Waals surface area contributed by atoms with Gasteiger partial charge >= 0.3 is 8.80 Å². The Morgan fingerprint density at radius 2 is 1.71 bits per heavy atom. The van der Waals surface area contributed by atoms with E-state index < -0.39 is 8.80 Å². The molecule has 0 N–H and O–H groups in total. The van der Waals surface area contributed by atoms with Gasteiger partial charge in [0.2, 0.25) is 0 Å². The highest BCUT2D eigenvalue weighted by molar-refractivity contribution is 6.59. The lowest BCUT2D eigenvalue weighted by atomic mass is 10.2. The van der Waals surface area contributed by atoms with Gasteiger partial charge in [-0.05, 0) is 27.7 Å². The van der Waals surface area contributed by atoms with Crippen LogP contribution in [0.1, 0.15) is 27.7 Å². The number of rotatable bonds is 7. The van der Waals surface area contributed by atoms with Gasteiger partial charge in [-0.1, -0.05) is 12.2 Å². The van der Waals surface area contributed by atoms with Crippen molar-refractivity contribution < 1.29 is 13.3 Å². The smallest absolute Gasteiger partial charge is 0.374 e. The lowest BCUT2D eigenvalue weighted by molar-refractivity contribution is 0.0557. The molecule has 1 unspecified atom stereocenters. The monoisotopic (exact) mass is 218 g/mol. The minimum atomic E-state index is -2.44. The van der Waals surface area contributed by atoms with Crippen LogP contribution in [0.5, 0.6) is 0 Å². The van der Waals surface area contributed by atoms with E-state index in [1.165, 1.54) is 0 Å². The number of hydrogen-bond acceptors (Lipinski definition) is 3. The van der Waals surface area contributed by atoms with Gasteiger partial charge in [-0.2, -0.15) is 0 Å². The highest BCUT2D eigenvalue weighted by Crippen LogP contribution is 2.15. The zero-order chi connectivity index (χ0) is 11.2. The van der Waals surface area contributed by atoms with Crippen LogP contribution in [0.3, 0.4) is 0 Å². The molecule has 0 aliphatic rings. The van der Waals surface area contributed by atoms with Crippen LogP contribution in [0.2, 0.25) is 6.55 Å². The first-order valence-corrected chi connectivity index (χ1v) is 7.28. The van der Waals surface area contributed by atoms with Crippen molar-refractivity contribution in [2.45, 2.75) is 40.3 Å². The summed E-state index contributed by atoms with van der Waals surface area (Å²) in [4.78, 5) is 0. The van der Waals surface area contributed by atoms with E-state index in [-0.39, 0.29) is 6.10 Å². The molecule has 84 valence electrons. The van der Waals surface area contributed by atoms with Crippen LogP contribution in [0.4, 0.5) is 0 Å². The minimum absolute atomic E-state index is 0.00948. The van der Waals surface area contributed by atoms with Gasteiger partial charge in [-0.3, -0.25) is 0 Å². The lowest BCUT2D eigenvalue weighted by Crippen LogP contribution is -2.45. The quantitative estimate of drug-likeness (QED) is 0.485. The summed E-state index contributed by atoms with van der Waals surface area (Å²) in [5.41, 5.74) is 0.989. The first-order chi connectivity index (χ1) is 6.45. The predicted molar refractivity (Wildman–Crippen MR) is 60.2 cm³/mol. The molecule has 14 heavy (non-hydrogen) atoms. The normalized spacial score (nSPS) is 14.1. The molecule has 0 bridgehead atoms. The highest BCUT2D eigenvalue weighted by Gasteiger charge is 2.35. The average Bonchev–Trinajstić information content (AvgIpc) is 2.04. The van der Waals surface area contributed by atoms with Crippen molar-refractivity contribution in [3.8, 4) is 0 Å². The summed E-state index contributed by atoms with van der Waals surface area (Å²) in [6.07, 6.45) is -0.00948. The van der Waals surface area contributed by atoms with E-state index in [1.54, 1.807) is 0 Å². The Morgan fingerprint density at radius 3 is 2.00 bits per heavy atom. The zero-order valence-corrected chi connectivity index (χ0v) is 10.9. The molecule has 0 amide bonds. The van der Waals surface area contributed by atoms with Crippen LogP contribution < -0.4 is 0 Å². The van der Waals surface area contributed by atoms with Crippen molar-refractivity contribution in [1.29, 1.82) is 0 Å². The first kappa shape index (κ1) is 13.8. The van der Waals surface area contributed by atoms with E-state index in [1.807, 2.05) is 34.2 Å². The summed E-state index contributed by atoms with van der Waals surface area (Å²) in [6.45, 7) is 14.8. The minimum Gasteiger partial charge on any atom is -0.374 e. The van der Waals surface area contributed by atoms with Gasteiger partial charge in [0.1, 0.15) is 0 Å². The van der Waals surface area contributed by atoms with Gasteiger partial charge in [0.05, 0.1) is 6.10 Å². The van der Waals surface area contributed by atoms with Crippen molar-refractivity contribution in [1.82, 2.24) is 0 Å². The molecule has 0 aliphatic carbocycles. The summed E-state index contributed by atoms with van der Waals surface area (Å²) in [6, 6.07) is 0. The van der Waals surface area contributed by atoms with E-state index in [4.69, 9.17) is 13.3 Å². The fourth-order valence-corrected chi connectivity index (χ4v) is 3.17. The third-order valence-corrected chi connectivity index (χ3v) is 4.31. The SMILES string of the molecule is C=C(C)C(C)O[Si](C)(OCC)OCC. The van der Waals surface area contributed by atoms with Crippen molar-refractivity contribution in [2.75, 3.05) is 13.2 Å². The second-order valence-corrected chi connectivity index (χ2v) is 5.87. The van der Waals surface area contributed by atoms with E-state index in [0.717, 1.165) is 5.57 Å². The Hall–Kier alpha value is -0.163. The molecule has 0 fully saturated rings. The summed E-state index contributed by atoms with van der Waals surface area (Å²) in [5.74, 6) is 0. The maximum absolute atomic E-state index is 5.78. The van der Waals surface area contributed by atoms with Crippen LogP contribution in [0.15, 0.2) is 12.2 Å². The third-order valence-electron chi connectivity index (χ3n) is 1.90. The summed E-state index contributed by atoms with van der Waals surface area (Å²) >= 11 is 0. The standard InChI is InChI=1S/C10H22O3Si/c1-7-11-14(6,12-8-2)13-10(5)9(3)4/h10H,3,7-8H2,1-2,4-6H3. The van der Waals surface area contributed by atoms with E-state index in [9.17, 15) is 0 Å². The molecule has 0 aromatic carbocycles. The van der Waals surface area contributed by atoms with Crippen molar-refractivity contribution in [3.05, 3.63) is 12.2 Å². The third kappa shape index (κ3) is 4.90. The molecule has 0 aliphatic heterocycles. The Kier molecular flexibility index (Phi) is 6.27. The summed E-state index contributed by atoms with van der Waals surface area (Å²) in [7, 11) is -2.44. The molecule has 3 nitrogen and oxygen atoms in total. The van der Waals surface area contributed by atoms with Crippen LogP contribution >= 0.6 is 0 Å². The molecule has 0 saturated carbocycles. The van der Waals surface area contributed by atoms with Gasteiger partial charge < -0.3 is 13.3 Å². The zero-order valence-electron chi connectivity index (χ0n) is 9.92. The Morgan fingerprint density at radius 1 is 1.29 bits per heavy atom. The molecule has 0 aromatic heterocycles. The van der Waals surface area contributed by atoms with Crippen molar-refractivity contribution >= 4 is 8.80 Å². The van der Waals surface area contributed by atoms with Gasteiger partial charge in [0.15, 0.2) is 0 Å².